The minimum atomic E-state index is -1.44. The molecule has 4 aliphatic rings. The van der Waals surface area contributed by atoms with Crippen LogP contribution in [0.4, 0.5) is 0 Å². The van der Waals surface area contributed by atoms with Gasteiger partial charge in [-0.25, -0.2) is 4.79 Å². The standard InChI is InChI=1S/C24H28N2O9.CH4/c1-11(33-17(28)10-13(25)21(29)30)22(31)34-15-5-6-24(32)16-9-12-3-4-14(27)19-18(12)23(24,20(15)35-19)7-8-26(16)2;/h3-5,11,13,16,20,27,32H,6-10,25H2,1-2H3,(H,29,30);1H4/t11-,13-,16+,20-,23-,24+;/m0./s1. The molecule has 0 aromatic heterocycles. The number of carboxylic acids is 1. The zero-order valence-corrected chi connectivity index (χ0v) is 19.4. The van der Waals surface area contributed by atoms with E-state index in [4.69, 9.17) is 25.1 Å². The molecule has 0 unspecified atom stereocenters. The van der Waals surface area contributed by atoms with Crippen LogP contribution in [0.1, 0.15) is 44.7 Å². The molecule has 196 valence electrons. The van der Waals surface area contributed by atoms with Gasteiger partial charge >= 0.3 is 17.9 Å². The van der Waals surface area contributed by atoms with Gasteiger partial charge in [0.1, 0.15) is 11.8 Å². The zero-order chi connectivity index (χ0) is 25.3. The van der Waals surface area contributed by atoms with E-state index in [0.717, 1.165) is 11.1 Å². The van der Waals surface area contributed by atoms with Crippen LogP contribution < -0.4 is 10.5 Å². The fraction of sp³-hybridized carbons (Fsp3) is 0.560. The summed E-state index contributed by atoms with van der Waals surface area (Å²) in [7, 11) is 1.97. The Kier molecular flexibility index (Phi) is 6.30. The van der Waals surface area contributed by atoms with E-state index >= 15 is 0 Å². The van der Waals surface area contributed by atoms with Crippen molar-refractivity contribution in [1.82, 2.24) is 4.90 Å². The molecule has 5 rings (SSSR count). The summed E-state index contributed by atoms with van der Waals surface area (Å²) in [6.45, 7) is 1.99. The Bertz CT molecular complexity index is 1150. The van der Waals surface area contributed by atoms with Gasteiger partial charge in [-0.1, -0.05) is 13.5 Å². The highest BCUT2D eigenvalue weighted by molar-refractivity contribution is 5.84. The second-order valence-corrected chi connectivity index (χ2v) is 9.80. The van der Waals surface area contributed by atoms with E-state index in [1.54, 1.807) is 12.1 Å². The minimum Gasteiger partial charge on any atom is -0.504 e. The summed E-state index contributed by atoms with van der Waals surface area (Å²) in [4.78, 5) is 37.7. The third kappa shape index (κ3) is 3.48. The molecule has 36 heavy (non-hydrogen) atoms. The first-order valence-electron chi connectivity index (χ1n) is 11.5. The van der Waals surface area contributed by atoms with Crippen molar-refractivity contribution in [3.63, 3.8) is 0 Å². The first-order chi connectivity index (χ1) is 16.5. The average Bonchev–Trinajstić information content (AvgIpc) is 3.15. The molecule has 6 atom stereocenters. The maximum atomic E-state index is 12.8. The maximum Gasteiger partial charge on any atom is 0.352 e. The van der Waals surface area contributed by atoms with E-state index in [-0.39, 0.29) is 31.4 Å². The van der Waals surface area contributed by atoms with Gasteiger partial charge in [0.05, 0.1) is 17.4 Å². The summed E-state index contributed by atoms with van der Waals surface area (Å²) < 4.78 is 16.8. The molecule has 2 bridgehead atoms. The molecule has 2 aliphatic carbocycles. The molecule has 0 saturated carbocycles. The number of likely N-dealkylation sites (tertiary alicyclic amines) is 1. The van der Waals surface area contributed by atoms with Crippen LogP contribution in [0.15, 0.2) is 24.0 Å². The number of benzene rings is 1. The van der Waals surface area contributed by atoms with Gasteiger partial charge in [0.25, 0.3) is 0 Å². The van der Waals surface area contributed by atoms with Gasteiger partial charge in [-0.05, 0) is 51.1 Å². The monoisotopic (exact) mass is 504 g/mol. The van der Waals surface area contributed by atoms with Gasteiger partial charge in [-0.3, -0.25) is 9.59 Å². The number of esters is 2. The number of phenols is 1. The summed E-state index contributed by atoms with van der Waals surface area (Å²) in [6, 6.07) is 1.79. The summed E-state index contributed by atoms with van der Waals surface area (Å²) >= 11 is 0. The maximum absolute atomic E-state index is 12.8. The number of carbonyl (C=O) groups is 3. The average molecular weight is 505 g/mol. The molecule has 1 fully saturated rings. The predicted octanol–water partition coefficient (Wildman–Crippen LogP) is 0.583. The number of carboxylic acid groups (broad SMARTS) is 1. The number of carbonyl (C=O) groups excluding carboxylic acids is 2. The Labute approximate surface area is 208 Å². The molecular weight excluding hydrogens is 472 g/mol. The predicted molar refractivity (Wildman–Crippen MR) is 125 cm³/mol. The van der Waals surface area contributed by atoms with E-state index in [9.17, 15) is 24.6 Å². The quantitative estimate of drug-likeness (QED) is 0.400. The fourth-order valence-electron chi connectivity index (χ4n) is 6.20. The number of phenolic OH excluding ortho intramolecular Hbond substituents is 1. The van der Waals surface area contributed by atoms with Gasteiger partial charge in [0, 0.05) is 18.0 Å². The van der Waals surface area contributed by atoms with Crippen LogP contribution in [0.5, 0.6) is 11.5 Å². The normalized spacial score (nSPS) is 31.1. The van der Waals surface area contributed by atoms with Crippen molar-refractivity contribution in [3.05, 3.63) is 35.1 Å². The van der Waals surface area contributed by atoms with Crippen LogP contribution in [-0.2, 0) is 35.7 Å². The van der Waals surface area contributed by atoms with Crippen LogP contribution in [0.25, 0.3) is 0 Å². The number of hydrogen-bond acceptors (Lipinski definition) is 10. The number of aliphatic hydroxyl groups is 1. The van der Waals surface area contributed by atoms with Gasteiger partial charge in [0.2, 0.25) is 0 Å². The molecule has 0 radical (unpaired) electrons. The minimum absolute atomic E-state index is 0. The van der Waals surface area contributed by atoms with Gasteiger partial charge in [-0.2, -0.15) is 0 Å². The van der Waals surface area contributed by atoms with Gasteiger partial charge < -0.3 is 40.2 Å². The molecule has 11 nitrogen and oxygen atoms in total. The number of rotatable bonds is 6. The smallest absolute Gasteiger partial charge is 0.352 e. The van der Waals surface area contributed by atoms with Crippen LogP contribution in [-0.4, -0.2) is 81.6 Å². The third-order valence-corrected chi connectivity index (χ3v) is 7.92. The number of likely N-dealkylation sites (N-methyl/N-ethyl adjacent to an activating group) is 1. The highest BCUT2D eigenvalue weighted by Gasteiger charge is 2.72. The number of aliphatic carboxylic acids is 1. The van der Waals surface area contributed by atoms with Crippen LogP contribution in [0.3, 0.4) is 0 Å². The molecular formula is C25H32N2O9. The number of hydrogen-bond donors (Lipinski definition) is 4. The first kappa shape index (κ1) is 25.9. The Morgan fingerprint density at radius 1 is 1.33 bits per heavy atom. The van der Waals surface area contributed by atoms with E-state index in [1.807, 2.05) is 13.1 Å². The third-order valence-electron chi connectivity index (χ3n) is 7.92. The zero-order valence-electron chi connectivity index (χ0n) is 19.4. The largest absolute Gasteiger partial charge is 0.504 e. The second-order valence-electron chi connectivity index (χ2n) is 9.80. The van der Waals surface area contributed by atoms with Crippen molar-refractivity contribution < 1.29 is 43.9 Å². The number of nitrogens with zero attached hydrogens (tertiary/aromatic N) is 1. The SMILES string of the molecule is C.C[C@H](OC(=O)C[C@H](N)C(=O)O)C(=O)OC1=CC[C@@]2(O)[C@H]3Cc4ccc(O)c5c4[C@@]2(CCN3C)[C@H]1O5. The fourth-order valence-corrected chi connectivity index (χ4v) is 6.20. The molecule has 5 N–H and O–H groups in total. The highest BCUT2D eigenvalue weighted by Crippen LogP contribution is 2.65. The van der Waals surface area contributed by atoms with Crippen LogP contribution in [0, 0.1) is 0 Å². The summed E-state index contributed by atoms with van der Waals surface area (Å²) in [5.41, 5.74) is 4.97. The molecule has 1 saturated heterocycles. The highest BCUT2D eigenvalue weighted by atomic mass is 16.6. The first-order valence-corrected chi connectivity index (χ1v) is 11.5. The summed E-state index contributed by atoms with van der Waals surface area (Å²) in [5, 5.41) is 31.5. The lowest BCUT2D eigenvalue weighted by Crippen LogP contribution is -2.74. The van der Waals surface area contributed by atoms with E-state index in [2.05, 4.69) is 4.90 Å². The summed E-state index contributed by atoms with van der Waals surface area (Å²) in [6.07, 6.45) is 0.179. The van der Waals surface area contributed by atoms with Crippen molar-refractivity contribution in [3.8, 4) is 11.5 Å². The Morgan fingerprint density at radius 2 is 2.06 bits per heavy atom. The van der Waals surface area contributed by atoms with E-state index in [0.29, 0.717) is 25.1 Å². The van der Waals surface area contributed by atoms with Crippen LogP contribution in [0.2, 0.25) is 0 Å². The van der Waals surface area contributed by atoms with Crippen molar-refractivity contribution in [2.45, 2.75) is 75.3 Å². The van der Waals surface area contributed by atoms with Crippen molar-refractivity contribution in [2.75, 3.05) is 13.6 Å². The second kappa shape index (κ2) is 8.75. The number of ether oxygens (including phenoxy) is 3. The van der Waals surface area contributed by atoms with Crippen molar-refractivity contribution >= 4 is 17.9 Å². The lowest BCUT2D eigenvalue weighted by Gasteiger charge is -2.61. The molecule has 2 aliphatic heterocycles. The molecule has 1 aromatic rings. The Hall–Kier alpha value is -3.15. The molecule has 1 aromatic carbocycles. The van der Waals surface area contributed by atoms with Crippen LogP contribution >= 0.6 is 0 Å². The topological polar surface area (TPSA) is 169 Å². The lowest BCUT2D eigenvalue weighted by atomic mass is 9.50. The van der Waals surface area contributed by atoms with Gasteiger partial charge in [0.15, 0.2) is 23.7 Å². The Balaban J connectivity index is 0.00000304. The van der Waals surface area contributed by atoms with Crippen molar-refractivity contribution in [1.29, 1.82) is 0 Å². The summed E-state index contributed by atoms with van der Waals surface area (Å²) in [5.74, 6) is -2.76. The molecule has 11 heteroatoms. The Morgan fingerprint density at radius 3 is 2.75 bits per heavy atom. The molecule has 0 amide bonds. The van der Waals surface area contributed by atoms with E-state index in [1.165, 1.54) is 6.92 Å². The number of aromatic hydroxyl groups is 1. The molecule has 2 heterocycles. The van der Waals surface area contributed by atoms with E-state index < -0.39 is 53.6 Å². The number of nitrogens with two attached hydrogens (primary N) is 1. The van der Waals surface area contributed by atoms with Crippen molar-refractivity contribution in [2.24, 2.45) is 5.73 Å². The van der Waals surface area contributed by atoms with Gasteiger partial charge in [-0.15, -0.1) is 0 Å². The number of piperidine rings is 1. The lowest BCUT2D eigenvalue weighted by molar-refractivity contribution is -0.175. The molecule has 1 spiro atoms.